The second kappa shape index (κ2) is 6.08. The van der Waals surface area contributed by atoms with E-state index in [4.69, 9.17) is 0 Å². The van der Waals surface area contributed by atoms with E-state index in [1.807, 2.05) is 0 Å². The number of nitrogens with zero attached hydrogens (tertiary/aromatic N) is 5. The molecule has 114 valence electrons. The maximum atomic E-state index is 12.6. The highest BCUT2D eigenvalue weighted by Gasteiger charge is 2.32. The number of hydrogen-bond acceptors (Lipinski definition) is 5. The van der Waals surface area contributed by atoms with Crippen LogP contribution >= 0.6 is 15.9 Å². The Hall–Kier alpha value is -0.510. The van der Waals surface area contributed by atoms with Gasteiger partial charge in [-0.15, -0.1) is 5.10 Å². The average molecular weight is 366 g/mol. The van der Waals surface area contributed by atoms with E-state index >= 15 is 0 Å². The molecule has 0 N–H and O–H groups in total. The van der Waals surface area contributed by atoms with Crippen LogP contribution in [-0.2, 0) is 17.1 Å². The number of likely N-dealkylation sites (tertiary alicyclic amines) is 1. The summed E-state index contributed by atoms with van der Waals surface area (Å²) in [6, 6.07) is 0.291. The summed E-state index contributed by atoms with van der Waals surface area (Å²) in [7, 11) is -0.391. The van der Waals surface area contributed by atoms with E-state index in [1.165, 1.54) is 8.99 Å². The topological polar surface area (TPSA) is 71.3 Å². The van der Waals surface area contributed by atoms with Gasteiger partial charge >= 0.3 is 0 Å². The zero-order valence-electron chi connectivity index (χ0n) is 12.0. The number of aryl methyl sites for hydroxylation is 1. The van der Waals surface area contributed by atoms with Gasteiger partial charge in [0.2, 0.25) is 5.03 Å². The maximum absolute atomic E-state index is 12.6. The molecule has 1 atom stereocenters. The van der Waals surface area contributed by atoms with Crippen LogP contribution in [0.2, 0.25) is 0 Å². The molecule has 1 aliphatic heterocycles. The van der Waals surface area contributed by atoms with Gasteiger partial charge in [0, 0.05) is 26.7 Å². The average Bonchev–Trinajstić information content (AvgIpc) is 2.96. The lowest BCUT2D eigenvalue weighted by Crippen LogP contribution is -2.41. The summed E-state index contributed by atoms with van der Waals surface area (Å²) in [5, 5.41) is 7.57. The van der Waals surface area contributed by atoms with Gasteiger partial charge in [0.25, 0.3) is 10.0 Å². The smallest absolute Gasteiger partial charge is 0.262 e. The molecule has 1 aromatic rings. The molecule has 1 saturated heterocycles. The minimum atomic E-state index is -3.58. The molecule has 0 bridgehead atoms. The molecule has 20 heavy (non-hydrogen) atoms. The Morgan fingerprint density at radius 2 is 2.20 bits per heavy atom. The second-order valence-electron chi connectivity index (χ2n) is 5.02. The van der Waals surface area contributed by atoms with Crippen molar-refractivity contribution in [3.05, 3.63) is 4.60 Å². The fourth-order valence-corrected chi connectivity index (χ4v) is 4.89. The maximum Gasteiger partial charge on any atom is 0.262 e. The van der Waals surface area contributed by atoms with E-state index in [0.717, 1.165) is 25.9 Å². The van der Waals surface area contributed by atoms with Gasteiger partial charge in [-0.05, 0) is 41.9 Å². The molecular formula is C11H20BrN5O2S. The number of sulfonamides is 1. The van der Waals surface area contributed by atoms with Crippen molar-refractivity contribution in [2.45, 2.75) is 30.8 Å². The molecule has 0 aromatic carbocycles. The Morgan fingerprint density at radius 1 is 1.50 bits per heavy atom. The van der Waals surface area contributed by atoms with E-state index < -0.39 is 10.0 Å². The Bertz CT molecular complexity index is 554. The Kier molecular flexibility index (Phi) is 4.83. The largest absolute Gasteiger partial charge is 0.299 e. The molecule has 0 spiro atoms. The molecule has 1 aliphatic rings. The molecule has 1 aromatic heterocycles. The summed E-state index contributed by atoms with van der Waals surface area (Å²) in [6.07, 6.45) is 2.17. The summed E-state index contributed by atoms with van der Waals surface area (Å²) in [6.45, 7) is 4.60. The Morgan fingerprint density at radius 3 is 2.75 bits per heavy atom. The highest BCUT2D eigenvalue weighted by Crippen LogP contribution is 2.24. The van der Waals surface area contributed by atoms with Gasteiger partial charge in [0.15, 0.2) is 4.60 Å². The van der Waals surface area contributed by atoms with E-state index in [9.17, 15) is 8.42 Å². The van der Waals surface area contributed by atoms with Gasteiger partial charge in [-0.3, -0.25) is 4.90 Å². The van der Waals surface area contributed by atoms with Crippen LogP contribution in [-0.4, -0.2) is 65.3 Å². The number of aromatic nitrogens is 3. The number of halogens is 1. The van der Waals surface area contributed by atoms with Gasteiger partial charge in [-0.2, -0.15) is 4.31 Å². The Labute approximate surface area is 128 Å². The fourth-order valence-electron chi connectivity index (χ4n) is 2.66. The zero-order valence-corrected chi connectivity index (χ0v) is 14.4. The van der Waals surface area contributed by atoms with E-state index in [0.29, 0.717) is 12.6 Å². The summed E-state index contributed by atoms with van der Waals surface area (Å²) in [5.41, 5.74) is 0. The highest BCUT2D eigenvalue weighted by atomic mass is 79.9. The SMILES string of the molecule is CCN1CCCC1CN(C)S(=O)(=O)c1c(Br)nnn1C. The molecule has 2 heterocycles. The zero-order chi connectivity index (χ0) is 14.9. The molecule has 1 unspecified atom stereocenters. The summed E-state index contributed by atoms with van der Waals surface area (Å²) < 4.78 is 28.1. The van der Waals surface area contributed by atoms with Gasteiger partial charge in [-0.25, -0.2) is 13.1 Å². The first-order valence-corrected chi connectivity index (χ1v) is 8.86. The molecule has 0 aliphatic carbocycles. The molecule has 7 nitrogen and oxygen atoms in total. The Balaban J connectivity index is 2.18. The van der Waals surface area contributed by atoms with Crippen molar-refractivity contribution in [2.75, 3.05) is 26.7 Å². The first-order chi connectivity index (χ1) is 9.37. The minimum Gasteiger partial charge on any atom is -0.299 e. The van der Waals surface area contributed by atoms with Crippen molar-refractivity contribution < 1.29 is 8.42 Å². The lowest BCUT2D eigenvalue weighted by Gasteiger charge is -2.27. The summed E-state index contributed by atoms with van der Waals surface area (Å²) in [5.74, 6) is 0. The van der Waals surface area contributed by atoms with Crippen molar-refractivity contribution in [2.24, 2.45) is 7.05 Å². The van der Waals surface area contributed by atoms with Gasteiger partial charge < -0.3 is 0 Å². The normalized spacial score (nSPS) is 20.9. The quantitative estimate of drug-likeness (QED) is 0.767. The molecule has 0 saturated carbocycles. The van der Waals surface area contributed by atoms with E-state index in [1.54, 1.807) is 14.1 Å². The van der Waals surface area contributed by atoms with Crippen molar-refractivity contribution in [3.63, 3.8) is 0 Å². The van der Waals surface area contributed by atoms with Gasteiger partial charge in [-0.1, -0.05) is 12.1 Å². The summed E-state index contributed by atoms with van der Waals surface area (Å²) in [4.78, 5) is 2.32. The number of likely N-dealkylation sites (N-methyl/N-ethyl adjacent to an activating group) is 2. The molecular weight excluding hydrogens is 346 g/mol. The van der Waals surface area contributed by atoms with Crippen LogP contribution in [0, 0.1) is 0 Å². The summed E-state index contributed by atoms with van der Waals surface area (Å²) >= 11 is 3.15. The first-order valence-electron chi connectivity index (χ1n) is 6.63. The van der Waals surface area contributed by atoms with Crippen LogP contribution in [0.15, 0.2) is 9.63 Å². The van der Waals surface area contributed by atoms with Crippen LogP contribution < -0.4 is 0 Å². The third-order valence-corrected chi connectivity index (χ3v) is 6.48. The number of rotatable bonds is 5. The minimum absolute atomic E-state index is 0.0982. The standard InChI is InChI=1S/C11H20BrN5O2S/c1-4-17-7-5-6-9(17)8-15(2)20(18,19)11-10(12)13-14-16(11)3/h9H,4-8H2,1-3H3. The molecule has 9 heteroatoms. The second-order valence-corrected chi connectivity index (χ2v) is 7.73. The third-order valence-electron chi connectivity index (χ3n) is 3.76. The van der Waals surface area contributed by atoms with Crippen LogP contribution in [0.4, 0.5) is 0 Å². The van der Waals surface area contributed by atoms with Crippen LogP contribution in [0.25, 0.3) is 0 Å². The van der Waals surface area contributed by atoms with Crippen molar-refractivity contribution in [3.8, 4) is 0 Å². The van der Waals surface area contributed by atoms with Gasteiger partial charge in [0.05, 0.1) is 0 Å². The van der Waals surface area contributed by atoms with Crippen molar-refractivity contribution >= 4 is 26.0 Å². The monoisotopic (exact) mass is 365 g/mol. The van der Waals surface area contributed by atoms with Gasteiger partial charge in [0.1, 0.15) is 0 Å². The van der Waals surface area contributed by atoms with Crippen molar-refractivity contribution in [1.29, 1.82) is 0 Å². The van der Waals surface area contributed by atoms with E-state index in [2.05, 4.69) is 38.1 Å². The predicted molar refractivity (Wildman–Crippen MR) is 78.8 cm³/mol. The van der Waals surface area contributed by atoms with Crippen LogP contribution in [0.3, 0.4) is 0 Å². The highest BCUT2D eigenvalue weighted by molar-refractivity contribution is 9.10. The lowest BCUT2D eigenvalue weighted by molar-refractivity contribution is 0.237. The lowest BCUT2D eigenvalue weighted by atomic mass is 10.2. The first kappa shape index (κ1) is 15.9. The van der Waals surface area contributed by atoms with E-state index in [-0.39, 0.29) is 9.63 Å². The third kappa shape index (κ3) is 2.90. The van der Waals surface area contributed by atoms with Crippen molar-refractivity contribution in [1.82, 2.24) is 24.2 Å². The molecule has 1 fully saturated rings. The predicted octanol–water partition coefficient (Wildman–Crippen LogP) is 0.682. The number of hydrogen-bond donors (Lipinski definition) is 0. The van der Waals surface area contributed by atoms with Crippen LogP contribution in [0.5, 0.6) is 0 Å². The molecule has 0 radical (unpaired) electrons. The fraction of sp³-hybridized carbons (Fsp3) is 0.818. The van der Waals surface area contributed by atoms with Crippen LogP contribution in [0.1, 0.15) is 19.8 Å². The molecule has 2 rings (SSSR count). The molecule has 0 amide bonds.